The van der Waals surface area contributed by atoms with Gasteiger partial charge in [-0.25, -0.2) is 4.79 Å². The normalized spacial score (nSPS) is 12.3. The molecule has 3 rings (SSSR count). The van der Waals surface area contributed by atoms with Gasteiger partial charge in [-0.15, -0.1) is 0 Å². The second-order valence-corrected chi connectivity index (χ2v) is 13.0. The van der Waals surface area contributed by atoms with Crippen LogP contribution in [0.4, 0.5) is 13.2 Å². The quantitative estimate of drug-likeness (QED) is 0.0705. The van der Waals surface area contributed by atoms with E-state index in [0.717, 1.165) is 55.0 Å². The lowest BCUT2D eigenvalue weighted by atomic mass is 10.0. The number of pyridine rings is 1. The van der Waals surface area contributed by atoms with Crippen LogP contribution in [-0.2, 0) is 15.9 Å². The van der Waals surface area contributed by atoms with Gasteiger partial charge in [0, 0.05) is 23.9 Å². The van der Waals surface area contributed by atoms with Crippen molar-refractivity contribution in [1.82, 2.24) is 4.98 Å². The summed E-state index contributed by atoms with van der Waals surface area (Å²) in [6, 6.07) is 20.2. The van der Waals surface area contributed by atoms with Gasteiger partial charge in [0.05, 0.1) is 17.9 Å². The molecular formula is C41H56F3NO3. The van der Waals surface area contributed by atoms with Gasteiger partial charge in [0.1, 0.15) is 0 Å². The Labute approximate surface area is 286 Å². The number of nitrogens with zero attached hydrogens (tertiary/aromatic N) is 1. The topological polar surface area (TPSA) is 48.4 Å². The lowest BCUT2D eigenvalue weighted by Gasteiger charge is -2.16. The van der Waals surface area contributed by atoms with Gasteiger partial charge in [0.15, 0.2) is 6.10 Å². The fraction of sp³-hybridized carbons (Fsp3) is 0.561. The van der Waals surface area contributed by atoms with Crippen molar-refractivity contribution in [2.75, 3.05) is 13.2 Å². The number of hydrogen-bond acceptors (Lipinski definition) is 4. The van der Waals surface area contributed by atoms with Crippen LogP contribution >= 0.6 is 0 Å². The molecule has 1 heterocycles. The van der Waals surface area contributed by atoms with Crippen molar-refractivity contribution >= 4 is 5.97 Å². The highest BCUT2D eigenvalue weighted by atomic mass is 19.4. The van der Waals surface area contributed by atoms with E-state index in [1.165, 1.54) is 76.2 Å². The summed E-state index contributed by atoms with van der Waals surface area (Å²) < 4.78 is 47.5. The second-order valence-electron chi connectivity index (χ2n) is 13.0. The van der Waals surface area contributed by atoms with E-state index in [9.17, 15) is 18.0 Å². The Bertz CT molecular complexity index is 1270. The monoisotopic (exact) mass is 667 g/mol. The Morgan fingerprint density at radius 2 is 1.17 bits per heavy atom. The average molecular weight is 668 g/mol. The molecule has 3 aromatic rings. The van der Waals surface area contributed by atoms with Crippen molar-refractivity contribution in [1.29, 1.82) is 0 Å². The van der Waals surface area contributed by atoms with Gasteiger partial charge in [-0.05, 0) is 61.9 Å². The van der Waals surface area contributed by atoms with E-state index >= 15 is 0 Å². The molecule has 1 atom stereocenters. The molecule has 0 saturated carbocycles. The molecule has 0 aliphatic rings. The molecule has 0 saturated heterocycles. The summed E-state index contributed by atoms with van der Waals surface area (Å²) in [6.45, 7) is 3.70. The molecule has 1 aromatic heterocycles. The maximum atomic E-state index is 12.4. The SMILES string of the molecule is CCCCCCCCCCCCCc1ccc(-c2ccc(-c3ccc(C(=O)OCCCCCCCOC(C)C(F)(F)F)cc3)nc2)cc1. The molecule has 0 aliphatic heterocycles. The minimum Gasteiger partial charge on any atom is -0.462 e. The van der Waals surface area contributed by atoms with Gasteiger partial charge in [0.2, 0.25) is 0 Å². The van der Waals surface area contributed by atoms with Crippen molar-refractivity contribution in [3.8, 4) is 22.4 Å². The zero-order chi connectivity index (χ0) is 34.5. The number of carbonyl (C=O) groups excluding carboxylic acids is 1. The van der Waals surface area contributed by atoms with Gasteiger partial charge in [0.25, 0.3) is 0 Å². The molecule has 0 radical (unpaired) electrons. The van der Waals surface area contributed by atoms with Crippen LogP contribution < -0.4 is 0 Å². The molecule has 0 spiro atoms. The first-order valence-electron chi connectivity index (χ1n) is 18.3. The predicted molar refractivity (Wildman–Crippen MR) is 190 cm³/mol. The van der Waals surface area contributed by atoms with Gasteiger partial charge in [-0.2, -0.15) is 13.2 Å². The van der Waals surface area contributed by atoms with Crippen molar-refractivity contribution in [2.24, 2.45) is 0 Å². The largest absolute Gasteiger partial charge is 0.462 e. The number of aryl methyl sites for hydroxylation is 1. The Hall–Kier alpha value is -3.19. The summed E-state index contributed by atoms with van der Waals surface area (Å²) in [7, 11) is 0. The van der Waals surface area contributed by atoms with Crippen molar-refractivity contribution in [3.05, 3.63) is 78.0 Å². The first-order chi connectivity index (χ1) is 23.3. The fourth-order valence-corrected chi connectivity index (χ4v) is 5.71. The molecule has 0 N–H and O–H groups in total. The number of unbranched alkanes of at least 4 members (excludes halogenated alkanes) is 14. The maximum Gasteiger partial charge on any atom is 0.414 e. The first-order valence-corrected chi connectivity index (χ1v) is 18.3. The fourth-order valence-electron chi connectivity index (χ4n) is 5.71. The van der Waals surface area contributed by atoms with E-state index in [2.05, 4.69) is 42.2 Å². The molecule has 1 unspecified atom stereocenters. The molecule has 48 heavy (non-hydrogen) atoms. The van der Waals surface area contributed by atoms with E-state index in [-0.39, 0.29) is 12.6 Å². The van der Waals surface area contributed by atoms with Gasteiger partial charge in [-0.3, -0.25) is 4.98 Å². The van der Waals surface area contributed by atoms with Crippen LogP contribution in [0.3, 0.4) is 0 Å². The molecular weight excluding hydrogens is 611 g/mol. The van der Waals surface area contributed by atoms with Crippen LogP contribution in [0.15, 0.2) is 66.9 Å². The number of benzene rings is 2. The molecule has 264 valence electrons. The van der Waals surface area contributed by atoms with Crippen LogP contribution in [0.25, 0.3) is 22.4 Å². The van der Waals surface area contributed by atoms with Gasteiger partial charge < -0.3 is 9.47 Å². The third-order valence-corrected chi connectivity index (χ3v) is 8.89. The minimum atomic E-state index is -4.31. The lowest BCUT2D eigenvalue weighted by Crippen LogP contribution is -2.28. The van der Waals surface area contributed by atoms with Crippen molar-refractivity contribution in [3.63, 3.8) is 0 Å². The molecule has 2 aromatic carbocycles. The molecule has 0 fully saturated rings. The number of hydrogen-bond donors (Lipinski definition) is 0. The highest BCUT2D eigenvalue weighted by molar-refractivity contribution is 5.90. The van der Waals surface area contributed by atoms with E-state index in [4.69, 9.17) is 9.47 Å². The Morgan fingerprint density at radius 3 is 1.73 bits per heavy atom. The number of ether oxygens (including phenoxy) is 2. The lowest BCUT2D eigenvalue weighted by molar-refractivity contribution is -0.214. The summed E-state index contributed by atoms with van der Waals surface area (Å²) in [5.41, 5.74) is 5.86. The number of alkyl halides is 3. The highest BCUT2D eigenvalue weighted by Gasteiger charge is 2.36. The average Bonchev–Trinajstić information content (AvgIpc) is 3.09. The van der Waals surface area contributed by atoms with Crippen molar-refractivity contribution < 1.29 is 27.4 Å². The number of aromatic nitrogens is 1. The van der Waals surface area contributed by atoms with Gasteiger partial charge >= 0.3 is 12.1 Å². The molecule has 4 nitrogen and oxygen atoms in total. The number of rotatable bonds is 24. The third-order valence-electron chi connectivity index (χ3n) is 8.89. The molecule has 0 bridgehead atoms. The zero-order valence-corrected chi connectivity index (χ0v) is 29.2. The summed E-state index contributed by atoms with van der Waals surface area (Å²) in [4.78, 5) is 17.1. The highest BCUT2D eigenvalue weighted by Crippen LogP contribution is 2.25. The standard InChI is InChI=1S/C41H56F3NO3/c1-3-4-5-6-7-8-9-10-11-13-16-19-34-20-22-35(23-21-34)38-28-29-39(45-32-38)36-24-26-37(27-25-36)40(46)48-31-18-15-12-14-17-30-47-33(2)41(42,43)44/h20-29,32-33H,3-19,30-31H2,1-2H3. The van der Waals surface area contributed by atoms with E-state index in [1.54, 1.807) is 12.1 Å². The predicted octanol–water partition coefficient (Wildman–Crippen LogP) is 12.3. The number of carbonyl (C=O) groups is 1. The third kappa shape index (κ3) is 15.4. The van der Waals surface area contributed by atoms with Crippen LogP contribution in [0.5, 0.6) is 0 Å². The van der Waals surface area contributed by atoms with Gasteiger partial charge in [-0.1, -0.05) is 133 Å². The Morgan fingerprint density at radius 1 is 0.646 bits per heavy atom. The Balaban J connectivity index is 1.29. The van der Waals surface area contributed by atoms with Crippen LogP contribution in [0, 0.1) is 0 Å². The first kappa shape index (κ1) is 39.3. The zero-order valence-electron chi connectivity index (χ0n) is 29.2. The van der Waals surface area contributed by atoms with Crippen LogP contribution in [0.1, 0.15) is 133 Å². The summed E-state index contributed by atoms with van der Waals surface area (Å²) >= 11 is 0. The summed E-state index contributed by atoms with van der Waals surface area (Å²) in [6.07, 6.45) is 15.7. The number of esters is 1. The van der Waals surface area contributed by atoms with Crippen LogP contribution in [0.2, 0.25) is 0 Å². The second kappa shape index (κ2) is 22.4. The summed E-state index contributed by atoms with van der Waals surface area (Å²) in [5.74, 6) is -0.369. The Kier molecular flexibility index (Phi) is 18.4. The minimum absolute atomic E-state index is 0.0959. The maximum absolute atomic E-state index is 12.4. The molecule has 7 heteroatoms. The number of halogens is 3. The van der Waals surface area contributed by atoms with Crippen molar-refractivity contribution in [2.45, 2.75) is 135 Å². The van der Waals surface area contributed by atoms with E-state index < -0.39 is 12.3 Å². The smallest absolute Gasteiger partial charge is 0.414 e. The molecule has 0 aliphatic carbocycles. The van der Waals surface area contributed by atoms with E-state index in [1.807, 2.05) is 24.4 Å². The summed E-state index contributed by atoms with van der Waals surface area (Å²) in [5, 5.41) is 0. The van der Waals surface area contributed by atoms with Crippen LogP contribution in [-0.4, -0.2) is 36.4 Å². The van der Waals surface area contributed by atoms with E-state index in [0.29, 0.717) is 25.0 Å². The molecule has 0 amide bonds.